The number of aryl methyl sites for hydroxylation is 1. The highest BCUT2D eigenvalue weighted by molar-refractivity contribution is 7.99. The Hall–Kier alpha value is -1.70. The lowest BCUT2D eigenvalue weighted by molar-refractivity contribution is 0.0765. The molecule has 3 aliphatic rings. The molecule has 1 aromatic heterocycles. The van der Waals surface area contributed by atoms with Crippen LogP contribution in [0.25, 0.3) is 0 Å². The minimum atomic E-state index is -0.0119. The van der Waals surface area contributed by atoms with Crippen LogP contribution in [-0.2, 0) is 0 Å². The van der Waals surface area contributed by atoms with Gasteiger partial charge < -0.3 is 19.5 Å². The van der Waals surface area contributed by atoms with E-state index in [1.54, 1.807) is 0 Å². The van der Waals surface area contributed by atoms with Crippen LogP contribution in [0.15, 0.2) is 4.42 Å². The smallest absolute Gasteiger partial charge is 0.317 e. The minimum Gasteiger partial charge on any atom is -0.445 e. The first kappa shape index (κ1) is 20.6. The van der Waals surface area contributed by atoms with Gasteiger partial charge in [-0.1, -0.05) is 19.3 Å². The maximum Gasteiger partial charge on any atom is 0.317 e. The van der Waals surface area contributed by atoms with Crippen molar-refractivity contribution < 1.29 is 14.0 Å². The number of thioether (sulfide) groups is 1. The fourth-order valence-electron chi connectivity index (χ4n) is 4.55. The molecule has 1 aromatic rings. The van der Waals surface area contributed by atoms with Gasteiger partial charge in [0.25, 0.3) is 5.91 Å². The summed E-state index contributed by atoms with van der Waals surface area (Å²) < 4.78 is 5.90. The highest BCUT2D eigenvalue weighted by Crippen LogP contribution is 2.29. The largest absolute Gasteiger partial charge is 0.445 e. The molecule has 3 fully saturated rings. The third kappa shape index (κ3) is 4.90. The predicted molar refractivity (Wildman–Crippen MR) is 113 cm³/mol. The first-order valence-corrected chi connectivity index (χ1v) is 12.2. The van der Waals surface area contributed by atoms with Crippen molar-refractivity contribution in [3.63, 3.8) is 0 Å². The fraction of sp³-hybridized carbons (Fsp3) is 0.762. The summed E-state index contributed by atoms with van der Waals surface area (Å²) in [6, 6.07) is 0.405. The third-order valence-electron chi connectivity index (χ3n) is 6.38. The summed E-state index contributed by atoms with van der Waals surface area (Å²) in [5, 5.41) is 3.20. The zero-order valence-electron chi connectivity index (χ0n) is 17.3. The lowest BCUT2D eigenvalue weighted by Crippen LogP contribution is -2.48. The monoisotopic (exact) mass is 420 g/mol. The van der Waals surface area contributed by atoms with Gasteiger partial charge >= 0.3 is 6.03 Å². The molecule has 3 amide bonds. The third-order valence-corrected chi connectivity index (χ3v) is 7.32. The van der Waals surface area contributed by atoms with Crippen molar-refractivity contribution >= 4 is 23.7 Å². The van der Waals surface area contributed by atoms with E-state index >= 15 is 0 Å². The van der Waals surface area contributed by atoms with Crippen molar-refractivity contribution in [2.24, 2.45) is 0 Å². The average molecular weight is 421 g/mol. The summed E-state index contributed by atoms with van der Waals surface area (Å²) >= 11 is 1.88. The van der Waals surface area contributed by atoms with Gasteiger partial charge in [0.2, 0.25) is 0 Å². The minimum absolute atomic E-state index is 0.0119. The van der Waals surface area contributed by atoms with Crippen molar-refractivity contribution in [3.8, 4) is 0 Å². The molecule has 29 heavy (non-hydrogen) atoms. The van der Waals surface area contributed by atoms with E-state index in [-0.39, 0.29) is 17.9 Å². The van der Waals surface area contributed by atoms with Gasteiger partial charge in [0.15, 0.2) is 11.6 Å². The quantitative estimate of drug-likeness (QED) is 0.811. The maximum absolute atomic E-state index is 12.8. The molecule has 0 bridgehead atoms. The van der Waals surface area contributed by atoms with Crippen LogP contribution >= 0.6 is 11.8 Å². The average Bonchev–Trinajstić information content (AvgIpc) is 3.16. The second-order valence-electron chi connectivity index (χ2n) is 8.41. The van der Waals surface area contributed by atoms with Gasteiger partial charge in [-0.05, 0) is 32.6 Å². The van der Waals surface area contributed by atoms with E-state index in [1.807, 2.05) is 28.5 Å². The van der Waals surface area contributed by atoms with E-state index in [0.29, 0.717) is 36.5 Å². The first-order chi connectivity index (χ1) is 14.1. The molecule has 3 heterocycles. The Morgan fingerprint density at radius 2 is 1.69 bits per heavy atom. The summed E-state index contributed by atoms with van der Waals surface area (Å²) in [4.78, 5) is 33.7. The van der Waals surface area contributed by atoms with E-state index in [4.69, 9.17) is 4.42 Å². The van der Waals surface area contributed by atoms with Gasteiger partial charge in [-0.3, -0.25) is 4.79 Å². The number of hydrogen-bond donors (Lipinski definition) is 1. The highest BCUT2D eigenvalue weighted by atomic mass is 32.2. The Morgan fingerprint density at radius 1 is 1.00 bits per heavy atom. The van der Waals surface area contributed by atoms with Gasteiger partial charge in [0.05, 0.1) is 0 Å². The molecule has 1 aliphatic carbocycles. The second-order valence-corrected chi connectivity index (χ2v) is 9.63. The van der Waals surface area contributed by atoms with Crippen LogP contribution in [0.3, 0.4) is 0 Å². The Morgan fingerprint density at radius 3 is 2.38 bits per heavy atom. The number of piperidine rings is 1. The number of nitrogens with zero attached hydrogens (tertiary/aromatic N) is 3. The zero-order valence-corrected chi connectivity index (χ0v) is 18.1. The summed E-state index contributed by atoms with van der Waals surface area (Å²) in [5.74, 6) is 3.39. The molecule has 4 rings (SSSR count). The van der Waals surface area contributed by atoms with Gasteiger partial charge in [0.1, 0.15) is 5.76 Å². The predicted octanol–water partition coefficient (Wildman–Crippen LogP) is 3.39. The van der Waals surface area contributed by atoms with Crippen LogP contribution in [0.2, 0.25) is 0 Å². The van der Waals surface area contributed by atoms with Crippen LogP contribution < -0.4 is 5.32 Å². The number of amides is 3. The van der Waals surface area contributed by atoms with Crippen molar-refractivity contribution in [1.82, 2.24) is 20.1 Å². The molecule has 0 spiro atoms. The molecule has 0 aromatic carbocycles. The van der Waals surface area contributed by atoms with Gasteiger partial charge in [0, 0.05) is 49.6 Å². The molecule has 0 atom stereocenters. The molecular formula is C21H32N4O3S. The van der Waals surface area contributed by atoms with Gasteiger partial charge in [-0.2, -0.15) is 11.8 Å². The second kappa shape index (κ2) is 9.41. The summed E-state index contributed by atoms with van der Waals surface area (Å²) in [7, 11) is 0. The summed E-state index contributed by atoms with van der Waals surface area (Å²) in [6.07, 6.45) is 7.57. The van der Waals surface area contributed by atoms with Crippen LogP contribution in [-0.4, -0.2) is 70.4 Å². The molecule has 8 heteroatoms. The van der Waals surface area contributed by atoms with E-state index in [1.165, 1.54) is 19.3 Å². The fourth-order valence-corrected chi connectivity index (χ4v) is 5.45. The number of urea groups is 1. The van der Waals surface area contributed by atoms with Crippen LogP contribution in [0, 0.1) is 6.92 Å². The zero-order chi connectivity index (χ0) is 20.2. The summed E-state index contributed by atoms with van der Waals surface area (Å²) in [5.41, 5.74) is 0.462. The molecule has 160 valence electrons. The van der Waals surface area contributed by atoms with Crippen LogP contribution in [0.5, 0.6) is 0 Å². The number of likely N-dealkylation sites (tertiary alicyclic amines) is 1. The topological polar surface area (TPSA) is 78.7 Å². The van der Waals surface area contributed by atoms with Gasteiger partial charge in [-0.15, -0.1) is 0 Å². The van der Waals surface area contributed by atoms with E-state index < -0.39 is 0 Å². The van der Waals surface area contributed by atoms with E-state index in [0.717, 1.165) is 50.3 Å². The first-order valence-electron chi connectivity index (χ1n) is 11.0. The Balaban J connectivity index is 1.31. The number of oxazole rings is 1. The number of rotatable bonds is 3. The number of carbonyl (C=O) groups is 2. The lowest BCUT2D eigenvalue weighted by atomic mass is 9.95. The van der Waals surface area contributed by atoms with E-state index in [9.17, 15) is 9.59 Å². The van der Waals surface area contributed by atoms with Crippen molar-refractivity contribution in [2.45, 2.75) is 63.8 Å². The van der Waals surface area contributed by atoms with Crippen molar-refractivity contribution in [2.75, 3.05) is 37.7 Å². The SMILES string of the molecule is Cc1oc(C2CCN(C(=O)NC3CCCCC3)CC2)nc1C(=O)N1CCSCC1. The van der Waals surface area contributed by atoms with Crippen molar-refractivity contribution in [1.29, 1.82) is 0 Å². The van der Waals surface area contributed by atoms with E-state index in [2.05, 4.69) is 10.3 Å². The Labute approximate surface area is 177 Å². The molecule has 2 aliphatic heterocycles. The highest BCUT2D eigenvalue weighted by Gasteiger charge is 2.31. The normalized spacial score (nSPS) is 22.0. The summed E-state index contributed by atoms with van der Waals surface area (Å²) in [6.45, 7) is 4.79. The lowest BCUT2D eigenvalue weighted by Gasteiger charge is -2.33. The van der Waals surface area contributed by atoms with Crippen LogP contribution in [0.1, 0.15) is 73.0 Å². The molecule has 0 radical (unpaired) electrons. The van der Waals surface area contributed by atoms with Gasteiger partial charge in [-0.25, -0.2) is 9.78 Å². The van der Waals surface area contributed by atoms with Crippen LogP contribution in [0.4, 0.5) is 4.79 Å². The molecule has 1 saturated carbocycles. The standard InChI is InChI=1S/C21H32N4O3S/c1-15-18(20(26)24-11-13-29-14-12-24)23-19(28-15)16-7-9-25(10-8-16)21(27)22-17-5-3-2-4-6-17/h16-17H,2-14H2,1H3,(H,22,27). The molecule has 1 N–H and O–H groups in total. The molecule has 7 nitrogen and oxygen atoms in total. The molecular weight excluding hydrogens is 388 g/mol. The Kier molecular flexibility index (Phi) is 6.67. The number of nitrogens with one attached hydrogen (secondary N) is 1. The molecule has 0 unspecified atom stereocenters. The van der Waals surface area contributed by atoms with Crippen molar-refractivity contribution in [3.05, 3.63) is 17.3 Å². The number of hydrogen-bond acceptors (Lipinski definition) is 5. The number of aromatic nitrogens is 1. The Bertz CT molecular complexity index is 718. The molecule has 2 saturated heterocycles. The maximum atomic E-state index is 12.8. The number of carbonyl (C=O) groups excluding carboxylic acids is 2.